The molecule has 0 atom stereocenters. The monoisotopic (exact) mass is 533 g/mol. The first-order chi connectivity index (χ1) is 16.1. The Morgan fingerprint density at radius 2 is 1.62 bits per heavy atom. The van der Waals surface area contributed by atoms with Crippen LogP contribution in [0.4, 0.5) is 18.9 Å². The molecule has 0 saturated carbocycles. The van der Waals surface area contributed by atoms with E-state index in [9.17, 15) is 27.6 Å². The Morgan fingerprint density at radius 1 is 0.912 bits per heavy atom. The van der Waals surface area contributed by atoms with E-state index in [1.807, 2.05) is 5.43 Å². The van der Waals surface area contributed by atoms with E-state index < -0.39 is 29.5 Å². The van der Waals surface area contributed by atoms with E-state index in [4.69, 9.17) is 4.74 Å². The summed E-state index contributed by atoms with van der Waals surface area (Å²) in [5.74, 6) is -2.59. The third-order valence-corrected chi connectivity index (χ3v) is 4.91. The Kier molecular flexibility index (Phi) is 7.79. The highest BCUT2D eigenvalue weighted by Crippen LogP contribution is 2.29. The van der Waals surface area contributed by atoms with Crippen molar-refractivity contribution in [2.75, 3.05) is 5.32 Å². The van der Waals surface area contributed by atoms with E-state index >= 15 is 0 Å². The summed E-state index contributed by atoms with van der Waals surface area (Å²) in [7, 11) is 0. The zero-order valence-electron chi connectivity index (χ0n) is 17.1. The van der Waals surface area contributed by atoms with E-state index in [2.05, 4.69) is 26.3 Å². The van der Waals surface area contributed by atoms with E-state index in [0.717, 1.165) is 24.3 Å². The summed E-state index contributed by atoms with van der Waals surface area (Å²) in [5.41, 5.74) is 1.93. The molecule has 3 aromatic rings. The van der Waals surface area contributed by atoms with Crippen molar-refractivity contribution >= 4 is 45.6 Å². The van der Waals surface area contributed by atoms with Crippen LogP contribution in [0.1, 0.15) is 21.5 Å². The number of halogens is 4. The maximum Gasteiger partial charge on any atom is 0.416 e. The molecule has 2 amide bonds. The Morgan fingerprint density at radius 3 is 2.29 bits per heavy atom. The average molecular weight is 534 g/mol. The smallest absolute Gasteiger partial charge is 0.416 e. The molecule has 0 aliphatic heterocycles. The number of hydrazone groups is 1. The number of hydrogen-bond acceptors (Lipinski definition) is 5. The summed E-state index contributed by atoms with van der Waals surface area (Å²) in [5, 5.41) is 5.83. The molecule has 0 radical (unpaired) electrons. The van der Waals surface area contributed by atoms with Gasteiger partial charge in [-0.2, -0.15) is 18.3 Å². The van der Waals surface area contributed by atoms with Crippen LogP contribution in [0.5, 0.6) is 5.75 Å². The number of anilines is 1. The Balaban J connectivity index is 1.55. The molecule has 0 aromatic heterocycles. The molecule has 34 heavy (non-hydrogen) atoms. The third-order valence-electron chi connectivity index (χ3n) is 4.22. The summed E-state index contributed by atoms with van der Waals surface area (Å²) in [6, 6.07) is 16.6. The second-order valence-electron chi connectivity index (χ2n) is 6.67. The van der Waals surface area contributed by atoms with Gasteiger partial charge in [-0.1, -0.05) is 24.3 Å². The van der Waals surface area contributed by atoms with E-state index in [-0.39, 0.29) is 11.4 Å². The van der Waals surface area contributed by atoms with Crippen molar-refractivity contribution in [1.82, 2.24) is 5.43 Å². The maximum atomic E-state index is 12.6. The summed E-state index contributed by atoms with van der Waals surface area (Å²) >= 11 is 3.28. The molecular weight excluding hydrogens is 519 g/mol. The number of hydrogen-bond donors (Lipinski definition) is 2. The minimum atomic E-state index is -4.51. The van der Waals surface area contributed by atoms with Crippen LogP contribution < -0.4 is 15.5 Å². The predicted molar refractivity (Wildman–Crippen MR) is 121 cm³/mol. The summed E-state index contributed by atoms with van der Waals surface area (Å²) in [6.45, 7) is 0. The zero-order valence-corrected chi connectivity index (χ0v) is 18.7. The standard InChI is InChI=1S/C23H15BrF3N3O4/c24-19-7-2-1-6-18(19)22(33)34-17-5-3-4-14(12-17)13-28-30-21(32)20(31)29-16-10-8-15(9-11-16)23(25,26)27/h1-13H,(H,29,31)(H,30,32)/b28-13+. The van der Waals surface area contributed by atoms with Crippen LogP contribution in [0.2, 0.25) is 0 Å². The average Bonchev–Trinajstić information content (AvgIpc) is 2.79. The van der Waals surface area contributed by atoms with Gasteiger partial charge in [0.2, 0.25) is 0 Å². The van der Waals surface area contributed by atoms with E-state index in [0.29, 0.717) is 15.6 Å². The van der Waals surface area contributed by atoms with Gasteiger partial charge < -0.3 is 10.1 Å². The van der Waals surface area contributed by atoms with E-state index in [1.165, 1.54) is 12.3 Å². The quantitative estimate of drug-likeness (QED) is 0.162. The fourth-order valence-corrected chi connectivity index (χ4v) is 3.04. The maximum absolute atomic E-state index is 12.6. The van der Waals surface area contributed by atoms with Crippen molar-refractivity contribution in [2.24, 2.45) is 5.10 Å². The molecule has 0 unspecified atom stereocenters. The molecule has 0 saturated heterocycles. The van der Waals surface area contributed by atoms with Crippen LogP contribution in [-0.2, 0) is 15.8 Å². The number of nitrogens with one attached hydrogen (secondary N) is 2. The SMILES string of the molecule is O=C(N/N=C/c1cccc(OC(=O)c2ccccc2Br)c1)C(=O)Nc1ccc(C(F)(F)F)cc1. The van der Waals surface area contributed by atoms with Crippen LogP contribution in [0.3, 0.4) is 0 Å². The summed E-state index contributed by atoms with van der Waals surface area (Å²) in [4.78, 5) is 36.1. The predicted octanol–water partition coefficient (Wildman–Crippen LogP) is 4.78. The molecular formula is C23H15BrF3N3O4. The van der Waals surface area contributed by atoms with Crippen molar-refractivity contribution in [3.8, 4) is 5.75 Å². The molecule has 0 spiro atoms. The number of nitrogens with zero attached hydrogens (tertiary/aromatic N) is 1. The van der Waals surface area contributed by atoms with Gasteiger partial charge in [-0.15, -0.1) is 0 Å². The van der Waals surface area contributed by atoms with Gasteiger partial charge in [0.25, 0.3) is 0 Å². The zero-order chi connectivity index (χ0) is 24.7. The lowest BCUT2D eigenvalue weighted by molar-refractivity contribution is -0.137. The number of amides is 2. The highest BCUT2D eigenvalue weighted by atomic mass is 79.9. The molecule has 2 N–H and O–H groups in total. The first-order valence-electron chi connectivity index (χ1n) is 9.52. The van der Waals surface area contributed by atoms with Gasteiger partial charge in [0.15, 0.2) is 0 Å². The fraction of sp³-hybridized carbons (Fsp3) is 0.0435. The molecule has 3 aromatic carbocycles. The van der Waals surface area contributed by atoms with Gasteiger partial charge in [0, 0.05) is 10.2 Å². The van der Waals surface area contributed by atoms with Crippen LogP contribution in [-0.4, -0.2) is 24.0 Å². The third kappa shape index (κ3) is 6.75. The number of benzene rings is 3. The highest BCUT2D eigenvalue weighted by molar-refractivity contribution is 9.10. The molecule has 3 rings (SSSR count). The molecule has 0 aliphatic carbocycles. The van der Waals surface area contributed by atoms with Crippen LogP contribution in [0, 0.1) is 0 Å². The second-order valence-corrected chi connectivity index (χ2v) is 7.52. The van der Waals surface area contributed by atoms with Gasteiger partial charge in [-0.3, -0.25) is 9.59 Å². The normalized spacial score (nSPS) is 11.2. The number of ether oxygens (including phenoxy) is 1. The van der Waals surface area contributed by atoms with Gasteiger partial charge in [-0.05, 0) is 70.0 Å². The molecule has 11 heteroatoms. The molecule has 0 heterocycles. The molecule has 0 aliphatic rings. The topological polar surface area (TPSA) is 96.9 Å². The number of rotatable bonds is 5. The van der Waals surface area contributed by atoms with E-state index in [1.54, 1.807) is 42.5 Å². The van der Waals surface area contributed by atoms with Gasteiger partial charge in [-0.25, -0.2) is 10.2 Å². The number of alkyl halides is 3. The second kappa shape index (κ2) is 10.8. The molecule has 0 fully saturated rings. The number of carbonyl (C=O) groups excluding carboxylic acids is 3. The Bertz CT molecular complexity index is 1240. The summed E-state index contributed by atoms with van der Waals surface area (Å²) in [6.07, 6.45) is -3.29. The molecule has 7 nitrogen and oxygen atoms in total. The van der Waals surface area contributed by atoms with Crippen molar-refractivity contribution in [3.05, 3.63) is 94.0 Å². The number of esters is 1. The van der Waals surface area contributed by atoms with Crippen LogP contribution in [0.15, 0.2) is 82.4 Å². The molecule has 174 valence electrons. The van der Waals surface area contributed by atoms with Gasteiger partial charge in [0.1, 0.15) is 5.75 Å². The van der Waals surface area contributed by atoms with Crippen molar-refractivity contribution in [1.29, 1.82) is 0 Å². The lowest BCUT2D eigenvalue weighted by Crippen LogP contribution is -2.32. The molecule has 0 bridgehead atoms. The van der Waals surface area contributed by atoms with Crippen molar-refractivity contribution in [3.63, 3.8) is 0 Å². The minimum absolute atomic E-state index is 0.0108. The largest absolute Gasteiger partial charge is 0.423 e. The van der Waals surface area contributed by atoms with Crippen molar-refractivity contribution in [2.45, 2.75) is 6.18 Å². The highest BCUT2D eigenvalue weighted by Gasteiger charge is 2.30. The van der Waals surface area contributed by atoms with Gasteiger partial charge >= 0.3 is 24.0 Å². The summed E-state index contributed by atoms with van der Waals surface area (Å²) < 4.78 is 43.6. The van der Waals surface area contributed by atoms with Crippen LogP contribution in [0.25, 0.3) is 0 Å². The van der Waals surface area contributed by atoms with Crippen molar-refractivity contribution < 1.29 is 32.3 Å². The Hall–Kier alpha value is -3.99. The first kappa shape index (κ1) is 24.6. The van der Waals surface area contributed by atoms with Gasteiger partial charge in [0.05, 0.1) is 17.3 Å². The lowest BCUT2D eigenvalue weighted by Gasteiger charge is -2.08. The number of carbonyl (C=O) groups is 3. The van der Waals surface area contributed by atoms with Crippen LogP contribution >= 0.6 is 15.9 Å². The first-order valence-corrected chi connectivity index (χ1v) is 10.3. The fourth-order valence-electron chi connectivity index (χ4n) is 2.59. The lowest BCUT2D eigenvalue weighted by atomic mass is 10.2. The Labute approximate surface area is 199 Å². The minimum Gasteiger partial charge on any atom is -0.423 e.